The summed E-state index contributed by atoms with van der Waals surface area (Å²) >= 11 is 0. The normalized spacial score (nSPS) is 19.4. The third-order valence-electron chi connectivity index (χ3n) is 3.20. The Labute approximate surface area is 85.4 Å². The van der Waals surface area contributed by atoms with Gasteiger partial charge in [0, 0.05) is 13.1 Å². The maximum absolute atomic E-state index is 11.5. The van der Waals surface area contributed by atoms with Crippen LogP contribution < -0.4 is 5.73 Å². The van der Waals surface area contributed by atoms with Crippen LogP contribution in [0.5, 0.6) is 0 Å². The molecule has 0 radical (unpaired) electrons. The van der Waals surface area contributed by atoms with Crippen molar-refractivity contribution in [1.82, 2.24) is 4.90 Å². The molecule has 1 aliphatic carbocycles. The molecule has 0 bridgehead atoms. The van der Waals surface area contributed by atoms with Crippen molar-refractivity contribution in [3.63, 3.8) is 0 Å². The first-order chi connectivity index (χ1) is 6.70. The molecule has 0 heterocycles. The quantitative estimate of drug-likeness (QED) is 0.748. The Morgan fingerprint density at radius 1 is 1.50 bits per heavy atom. The van der Waals surface area contributed by atoms with Gasteiger partial charge in [-0.1, -0.05) is 12.8 Å². The van der Waals surface area contributed by atoms with Gasteiger partial charge < -0.3 is 15.4 Å². The summed E-state index contributed by atoms with van der Waals surface area (Å²) in [6.45, 7) is 3.17. The average molecular weight is 200 g/mol. The van der Waals surface area contributed by atoms with Crippen LogP contribution in [-0.4, -0.2) is 36.7 Å². The molecular formula is C10H20N2O2. The summed E-state index contributed by atoms with van der Waals surface area (Å²) in [6.07, 6.45) is 4.08. The zero-order valence-electron chi connectivity index (χ0n) is 9.08. The Balaban J connectivity index is 2.78. The van der Waals surface area contributed by atoms with Gasteiger partial charge in [0.25, 0.3) is 0 Å². The van der Waals surface area contributed by atoms with Crippen molar-refractivity contribution < 1.29 is 9.53 Å². The molecule has 82 valence electrons. The van der Waals surface area contributed by atoms with Gasteiger partial charge in [-0.15, -0.1) is 0 Å². The molecule has 0 aromatic carbocycles. The number of likely N-dealkylation sites (N-methyl/N-ethyl adjacent to an activating group) is 1. The summed E-state index contributed by atoms with van der Waals surface area (Å²) in [4.78, 5) is 13.3. The Bertz CT molecular complexity index is 200. The second kappa shape index (κ2) is 4.64. The van der Waals surface area contributed by atoms with E-state index >= 15 is 0 Å². The van der Waals surface area contributed by atoms with E-state index in [2.05, 4.69) is 0 Å². The van der Waals surface area contributed by atoms with Gasteiger partial charge in [0.1, 0.15) is 0 Å². The molecule has 4 heteroatoms. The summed E-state index contributed by atoms with van der Waals surface area (Å²) in [5.74, 6) is 0. The van der Waals surface area contributed by atoms with E-state index in [1.807, 2.05) is 6.92 Å². The van der Waals surface area contributed by atoms with Gasteiger partial charge in [0.05, 0.1) is 12.6 Å². The van der Waals surface area contributed by atoms with Crippen molar-refractivity contribution in [1.29, 1.82) is 0 Å². The molecule has 4 nitrogen and oxygen atoms in total. The zero-order chi connectivity index (χ0) is 10.6. The molecule has 0 aromatic rings. The topological polar surface area (TPSA) is 55.6 Å². The SMILES string of the molecule is CCN(C(=O)OC)C1(CN)CCCC1. The van der Waals surface area contributed by atoms with Crippen molar-refractivity contribution in [3.05, 3.63) is 0 Å². The van der Waals surface area contributed by atoms with E-state index in [0.717, 1.165) is 25.7 Å². The van der Waals surface area contributed by atoms with Crippen molar-refractivity contribution >= 4 is 6.09 Å². The minimum Gasteiger partial charge on any atom is -0.453 e. The molecular weight excluding hydrogens is 180 g/mol. The molecule has 0 atom stereocenters. The predicted octanol–water partition coefficient (Wildman–Crippen LogP) is 1.35. The molecule has 2 N–H and O–H groups in total. The van der Waals surface area contributed by atoms with Crippen LogP contribution in [0.2, 0.25) is 0 Å². The fraction of sp³-hybridized carbons (Fsp3) is 0.900. The molecule has 0 unspecified atom stereocenters. The van der Waals surface area contributed by atoms with Crippen LogP contribution in [0, 0.1) is 0 Å². The number of hydrogen-bond donors (Lipinski definition) is 1. The maximum atomic E-state index is 11.5. The number of nitrogens with two attached hydrogens (primary N) is 1. The number of rotatable bonds is 3. The van der Waals surface area contributed by atoms with Crippen LogP contribution in [0.1, 0.15) is 32.6 Å². The first-order valence-corrected chi connectivity index (χ1v) is 5.26. The second-order valence-electron chi connectivity index (χ2n) is 3.85. The number of methoxy groups -OCH3 is 1. The van der Waals surface area contributed by atoms with Crippen LogP contribution in [0.15, 0.2) is 0 Å². The highest BCUT2D eigenvalue weighted by Gasteiger charge is 2.40. The standard InChI is InChI=1S/C10H20N2O2/c1-3-12(9(13)14-2)10(8-11)6-4-5-7-10/h3-8,11H2,1-2H3. The number of carbonyl (C=O) groups is 1. The number of amides is 1. The summed E-state index contributed by atoms with van der Waals surface area (Å²) in [5.41, 5.74) is 5.65. The number of hydrogen-bond acceptors (Lipinski definition) is 3. The van der Waals surface area contributed by atoms with E-state index in [4.69, 9.17) is 10.5 Å². The Morgan fingerprint density at radius 3 is 2.43 bits per heavy atom. The Hall–Kier alpha value is -0.770. The minimum absolute atomic E-state index is 0.137. The monoisotopic (exact) mass is 200 g/mol. The van der Waals surface area contributed by atoms with Crippen LogP contribution >= 0.6 is 0 Å². The van der Waals surface area contributed by atoms with Crippen LogP contribution in [0.3, 0.4) is 0 Å². The number of ether oxygens (including phenoxy) is 1. The van der Waals surface area contributed by atoms with Crippen molar-refractivity contribution in [2.75, 3.05) is 20.2 Å². The second-order valence-corrected chi connectivity index (χ2v) is 3.85. The molecule has 0 aromatic heterocycles. The lowest BCUT2D eigenvalue weighted by atomic mass is 9.95. The largest absolute Gasteiger partial charge is 0.453 e. The van der Waals surface area contributed by atoms with E-state index in [9.17, 15) is 4.79 Å². The van der Waals surface area contributed by atoms with E-state index in [1.54, 1.807) is 4.90 Å². The molecule has 1 fully saturated rings. The lowest BCUT2D eigenvalue weighted by Crippen LogP contribution is -2.54. The third kappa shape index (κ3) is 1.85. The Morgan fingerprint density at radius 2 is 2.07 bits per heavy atom. The average Bonchev–Trinajstić information content (AvgIpc) is 2.68. The highest BCUT2D eigenvalue weighted by molar-refractivity contribution is 5.68. The van der Waals surface area contributed by atoms with E-state index < -0.39 is 0 Å². The first-order valence-electron chi connectivity index (χ1n) is 5.26. The predicted molar refractivity (Wildman–Crippen MR) is 55.0 cm³/mol. The van der Waals surface area contributed by atoms with Gasteiger partial charge in [-0.05, 0) is 19.8 Å². The fourth-order valence-corrected chi connectivity index (χ4v) is 2.39. The van der Waals surface area contributed by atoms with E-state index in [-0.39, 0.29) is 11.6 Å². The molecule has 0 saturated heterocycles. The minimum atomic E-state index is -0.250. The van der Waals surface area contributed by atoms with Crippen molar-refractivity contribution in [3.8, 4) is 0 Å². The lowest BCUT2D eigenvalue weighted by molar-refractivity contribution is 0.0704. The van der Waals surface area contributed by atoms with Gasteiger partial charge in [-0.3, -0.25) is 0 Å². The first kappa shape index (κ1) is 11.3. The molecule has 0 spiro atoms. The highest BCUT2D eigenvalue weighted by Crippen LogP contribution is 2.34. The van der Waals surface area contributed by atoms with Crippen molar-refractivity contribution in [2.24, 2.45) is 5.73 Å². The molecule has 1 rings (SSSR count). The fourth-order valence-electron chi connectivity index (χ4n) is 2.39. The summed E-state index contributed by atoms with van der Waals surface area (Å²) in [6, 6.07) is 0. The van der Waals surface area contributed by atoms with Crippen molar-refractivity contribution in [2.45, 2.75) is 38.1 Å². The highest BCUT2D eigenvalue weighted by atomic mass is 16.5. The van der Waals surface area contributed by atoms with Gasteiger partial charge in [-0.25, -0.2) is 4.79 Å². The maximum Gasteiger partial charge on any atom is 0.409 e. The van der Waals surface area contributed by atoms with Gasteiger partial charge in [0.15, 0.2) is 0 Å². The third-order valence-corrected chi connectivity index (χ3v) is 3.20. The number of carbonyl (C=O) groups excluding carboxylic acids is 1. The smallest absolute Gasteiger partial charge is 0.409 e. The van der Waals surface area contributed by atoms with Gasteiger partial charge in [0.2, 0.25) is 0 Å². The molecule has 1 amide bonds. The summed E-state index contributed by atoms with van der Waals surface area (Å²) in [7, 11) is 1.42. The molecule has 1 saturated carbocycles. The molecule has 14 heavy (non-hydrogen) atoms. The molecule has 0 aliphatic heterocycles. The Kier molecular flexibility index (Phi) is 3.75. The van der Waals surface area contributed by atoms with Crippen LogP contribution in [0.25, 0.3) is 0 Å². The van der Waals surface area contributed by atoms with Crippen LogP contribution in [-0.2, 0) is 4.74 Å². The zero-order valence-corrected chi connectivity index (χ0v) is 9.08. The lowest BCUT2D eigenvalue weighted by Gasteiger charge is -2.38. The summed E-state index contributed by atoms with van der Waals surface area (Å²) in [5, 5.41) is 0. The van der Waals surface area contributed by atoms with E-state index in [1.165, 1.54) is 7.11 Å². The molecule has 1 aliphatic rings. The summed E-state index contributed by atoms with van der Waals surface area (Å²) < 4.78 is 4.77. The number of nitrogens with zero attached hydrogens (tertiary/aromatic N) is 1. The van der Waals surface area contributed by atoms with Crippen LogP contribution in [0.4, 0.5) is 4.79 Å². The van der Waals surface area contributed by atoms with Gasteiger partial charge >= 0.3 is 6.09 Å². The van der Waals surface area contributed by atoms with E-state index in [0.29, 0.717) is 13.1 Å². The van der Waals surface area contributed by atoms with Gasteiger partial charge in [-0.2, -0.15) is 0 Å².